The largest absolute Gasteiger partial charge is 0.444 e. The zero-order valence-electron chi connectivity index (χ0n) is 56.2. The van der Waals surface area contributed by atoms with Crippen molar-refractivity contribution in [2.75, 3.05) is 26.2 Å². The zero-order valence-corrected chi connectivity index (χ0v) is 56.2. The Hall–Kier alpha value is -8.36. The molecule has 0 spiro atoms. The molecular weight excluding hydrogens is 1220 g/mol. The lowest BCUT2D eigenvalue weighted by atomic mass is 9.94. The van der Waals surface area contributed by atoms with Gasteiger partial charge in [-0.15, -0.1) is 13.2 Å². The van der Waals surface area contributed by atoms with Crippen molar-refractivity contribution in [3.05, 3.63) is 144 Å². The number of nitrogens with one attached hydrogen (secondary N) is 4. The van der Waals surface area contributed by atoms with Crippen LogP contribution in [0.25, 0.3) is 66.4 Å². The summed E-state index contributed by atoms with van der Waals surface area (Å²) in [7, 11) is 0. The van der Waals surface area contributed by atoms with Gasteiger partial charge in [-0.1, -0.05) is 12.2 Å². The number of aryl methyl sites for hydroxylation is 4. The van der Waals surface area contributed by atoms with Gasteiger partial charge in [0.15, 0.2) is 0 Å². The van der Waals surface area contributed by atoms with Crippen molar-refractivity contribution < 1.29 is 46.2 Å². The summed E-state index contributed by atoms with van der Waals surface area (Å²) in [6, 6.07) is 18.8. The van der Waals surface area contributed by atoms with Gasteiger partial charge in [0.2, 0.25) is 11.8 Å². The first-order valence-corrected chi connectivity index (χ1v) is 34.6. The summed E-state index contributed by atoms with van der Waals surface area (Å²) in [6.07, 6.45) is 12.7. The summed E-state index contributed by atoms with van der Waals surface area (Å²) in [5, 5.41) is 16.9. The Bertz CT molecular complexity index is 4070. The van der Waals surface area contributed by atoms with E-state index in [4.69, 9.17) is 9.47 Å². The van der Waals surface area contributed by atoms with Crippen LogP contribution in [0.4, 0.5) is 27.2 Å². The van der Waals surface area contributed by atoms with Gasteiger partial charge in [-0.25, -0.2) is 27.2 Å². The number of hydrogen-bond donors (Lipinski definition) is 4. The standard InChI is InChI=1S/C48H60F2N6O6.C28H30F2N4/c1-9-13-37(51-45(59)61-47(3,4)5)43(57)53-21-11-15-31(53)27-35-33-19-17-29(49)25-39(33)55-23-24-56-40-26-30(50)18-20-34(40)36(42(56)41(35)55)28-32-16-12-22-54(32)44(58)38(14-10-2)52-46(60)62-48(6,7)8;29-17-5-7-21-23(15-19-3-1-9-31-19)27-28-24(16-20-4-2-10-32-20)22-8-6-18(30)14-26(22)34(28)12-11-33(27)25(21)13-17/h9-10,17-20,25-26,31-32,37-38H,1-2,11-16,21-24,27-28H2,3-8H3,(H,51,59)(H,52,60);5-8,13-14,19-20,31-32H,1-4,9-12,15-16H2/t31-,32-,37-,38-;19-,20-/m00/s1. The summed E-state index contributed by atoms with van der Waals surface area (Å²) < 4.78 is 79.1. The fourth-order valence-electron chi connectivity index (χ4n) is 16.4. The van der Waals surface area contributed by atoms with Crippen molar-refractivity contribution in [2.24, 2.45) is 0 Å². The number of nitrogens with zero attached hydrogens (tertiary/aromatic N) is 6. The molecule has 4 aromatic carbocycles. The molecule has 20 heteroatoms. The second kappa shape index (κ2) is 26.9. The van der Waals surface area contributed by atoms with E-state index >= 15 is 8.78 Å². The van der Waals surface area contributed by atoms with Crippen molar-refractivity contribution in [2.45, 2.75) is 205 Å². The lowest BCUT2D eigenvalue weighted by Gasteiger charge is -2.31. The summed E-state index contributed by atoms with van der Waals surface area (Å²) in [5.41, 5.74) is 10.6. The Morgan fingerprint density at radius 1 is 0.479 bits per heavy atom. The molecule has 96 heavy (non-hydrogen) atoms. The monoisotopic (exact) mass is 1310 g/mol. The van der Waals surface area contributed by atoms with E-state index in [0.29, 0.717) is 51.1 Å². The summed E-state index contributed by atoms with van der Waals surface area (Å²) in [5.74, 6) is -1.58. The number of ether oxygens (including phenoxy) is 2. The third kappa shape index (κ3) is 13.2. The Morgan fingerprint density at radius 3 is 1.07 bits per heavy atom. The maximum atomic E-state index is 15.2. The number of amides is 4. The molecule has 4 fully saturated rings. The highest BCUT2D eigenvalue weighted by atomic mass is 19.1. The Labute approximate surface area is 558 Å². The van der Waals surface area contributed by atoms with Crippen molar-refractivity contribution in [1.29, 1.82) is 0 Å². The number of hydrogen-bond acceptors (Lipinski definition) is 8. The number of aromatic nitrogens is 4. The van der Waals surface area contributed by atoms with Gasteiger partial charge in [-0.2, -0.15) is 0 Å². The van der Waals surface area contributed by atoms with E-state index in [-0.39, 0.29) is 60.0 Å². The van der Waals surface area contributed by atoms with Gasteiger partial charge in [0.25, 0.3) is 0 Å². The van der Waals surface area contributed by atoms with Crippen LogP contribution in [0, 0.1) is 23.3 Å². The molecule has 0 radical (unpaired) electrons. The van der Waals surface area contributed by atoms with E-state index < -0.39 is 35.5 Å². The average Bonchev–Trinajstić information content (AvgIpc) is 1.56. The molecule has 4 amide bonds. The summed E-state index contributed by atoms with van der Waals surface area (Å²) in [4.78, 5) is 58.0. The summed E-state index contributed by atoms with van der Waals surface area (Å²) in [6.45, 7) is 23.9. The molecule has 0 unspecified atom stereocenters. The number of rotatable bonds is 16. The molecular formula is C76H90F4N10O6. The molecule has 0 aliphatic carbocycles. The summed E-state index contributed by atoms with van der Waals surface area (Å²) >= 11 is 0. The number of fused-ring (bicyclic) bond motifs is 14. The fraction of sp³-hybridized carbons (Fsp3) is 0.474. The minimum atomic E-state index is -0.872. The molecule has 4 N–H and O–H groups in total. The molecule has 0 bridgehead atoms. The van der Waals surface area contributed by atoms with Crippen LogP contribution in [0.3, 0.4) is 0 Å². The van der Waals surface area contributed by atoms with Gasteiger partial charge in [0.1, 0.15) is 46.6 Å². The fourth-order valence-corrected chi connectivity index (χ4v) is 16.4. The van der Waals surface area contributed by atoms with Gasteiger partial charge < -0.3 is 58.8 Å². The van der Waals surface area contributed by atoms with Crippen molar-refractivity contribution in [3.8, 4) is 22.8 Å². The van der Waals surface area contributed by atoms with Gasteiger partial charge in [-0.3, -0.25) is 9.59 Å². The number of carbonyl (C=O) groups is 4. The van der Waals surface area contributed by atoms with Crippen LogP contribution in [-0.4, -0.2) is 126 Å². The van der Waals surface area contributed by atoms with Crippen molar-refractivity contribution >= 4 is 67.6 Å². The van der Waals surface area contributed by atoms with Crippen LogP contribution in [-0.2, 0) is 70.9 Å². The number of carbonyl (C=O) groups excluding carboxylic acids is 4. The normalized spacial score (nSPS) is 19.8. The molecule has 8 aromatic rings. The topological polar surface area (TPSA) is 161 Å². The quantitative estimate of drug-likeness (QED) is 0.0549. The Morgan fingerprint density at radius 2 is 0.792 bits per heavy atom. The zero-order chi connectivity index (χ0) is 67.5. The minimum Gasteiger partial charge on any atom is -0.444 e. The minimum absolute atomic E-state index is 0.193. The maximum absolute atomic E-state index is 15.2. The second-order valence-electron chi connectivity index (χ2n) is 29.1. The molecule has 16 nitrogen and oxygen atoms in total. The predicted molar refractivity (Wildman–Crippen MR) is 368 cm³/mol. The van der Waals surface area contributed by atoms with E-state index in [1.165, 1.54) is 60.3 Å². The van der Waals surface area contributed by atoms with Gasteiger partial charge in [-0.05, 0) is 240 Å². The lowest BCUT2D eigenvalue weighted by Crippen LogP contribution is -2.51. The molecule has 10 heterocycles. The van der Waals surface area contributed by atoms with Crippen LogP contribution in [0.2, 0.25) is 0 Å². The molecule has 4 aromatic heterocycles. The van der Waals surface area contributed by atoms with E-state index in [9.17, 15) is 28.0 Å². The van der Waals surface area contributed by atoms with Crippen molar-refractivity contribution in [3.63, 3.8) is 0 Å². The molecule has 6 aliphatic heterocycles. The van der Waals surface area contributed by atoms with Crippen LogP contribution in [0.5, 0.6) is 0 Å². The van der Waals surface area contributed by atoms with E-state index in [0.717, 1.165) is 131 Å². The highest BCUT2D eigenvalue weighted by Gasteiger charge is 2.41. The highest BCUT2D eigenvalue weighted by Crippen LogP contribution is 2.47. The lowest BCUT2D eigenvalue weighted by molar-refractivity contribution is -0.134. The van der Waals surface area contributed by atoms with Crippen LogP contribution >= 0.6 is 0 Å². The number of alkyl carbamates (subject to hydrolysis) is 2. The van der Waals surface area contributed by atoms with Crippen LogP contribution < -0.4 is 21.3 Å². The van der Waals surface area contributed by atoms with Crippen LogP contribution in [0.1, 0.15) is 128 Å². The predicted octanol–water partition coefficient (Wildman–Crippen LogP) is 13.7. The molecule has 6 atom stereocenters. The van der Waals surface area contributed by atoms with Crippen molar-refractivity contribution in [1.82, 2.24) is 49.3 Å². The maximum Gasteiger partial charge on any atom is 0.408 e. The molecule has 0 saturated carbocycles. The molecule has 508 valence electrons. The highest BCUT2D eigenvalue weighted by molar-refractivity contribution is 6.00. The van der Waals surface area contributed by atoms with Crippen LogP contribution in [0.15, 0.2) is 98.1 Å². The van der Waals surface area contributed by atoms with E-state index in [1.807, 2.05) is 21.9 Å². The molecule has 6 aliphatic rings. The van der Waals surface area contributed by atoms with E-state index in [1.54, 1.807) is 102 Å². The van der Waals surface area contributed by atoms with Gasteiger partial charge in [0.05, 0.1) is 44.8 Å². The molecule has 4 saturated heterocycles. The molecule has 14 rings (SSSR count). The van der Waals surface area contributed by atoms with Gasteiger partial charge in [0, 0.05) is 85.0 Å². The first-order valence-electron chi connectivity index (χ1n) is 34.6. The first kappa shape index (κ1) is 66.3. The third-order valence-electron chi connectivity index (χ3n) is 20.3. The second-order valence-corrected chi connectivity index (χ2v) is 29.1. The first-order chi connectivity index (χ1) is 46.0. The Kier molecular flexibility index (Phi) is 18.6. The van der Waals surface area contributed by atoms with E-state index in [2.05, 4.69) is 52.7 Å². The van der Waals surface area contributed by atoms with Gasteiger partial charge >= 0.3 is 12.2 Å². The average molecular weight is 1320 g/mol. The number of likely N-dealkylation sites (tertiary alicyclic amines) is 2. The Balaban J connectivity index is 0.000000204. The third-order valence-corrected chi connectivity index (χ3v) is 20.3. The number of benzene rings is 4. The smallest absolute Gasteiger partial charge is 0.408 e. The SMILES string of the molecule is C=CC[C@H](NC(=O)OC(C)(C)C)C(=O)N1CCC[C@H]1Cc1c2n(c3cc(F)ccc13)CCn1c-2c(C[C@@H]2CCCN2C(=O)[C@H](CC=C)NC(=O)OC(C)(C)C)c2ccc(F)cc21.Fc1ccc2c(C[C@@H]3CCCN3)c3n(c2c1)CCn1c-3c(C[C@@H]2CCCN2)c2ccc(F)cc21. The number of halogens is 4.